The van der Waals surface area contributed by atoms with Gasteiger partial charge in [-0.05, 0) is 48.7 Å². The van der Waals surface area contributed by atoms with Crippen LogP contribution in [0.1, 0.15) is 18.7 Å². The Kier molecular flexibility index (Phi) is 4.96. The number of rotatable bonds is 2. The van der Waals surface area contributed by atoms with E-state index in [0.29, 0.717) is 11.5 Å². The van der Waals surface area contributed by atoms with Crippen molar-refractivity contribution in [1.29, 1.82) is 0 Å². The van der Waals surface area contributed by atoms with Crippen LogP contribution in [0.4, 0.5) is 5.69 Å². The molecule has 0 aliphatic carbocycles. The van der Waals surface area contributed by atoms with Crippen LogP contribution >= 0.6 is 0 Å². The van der Waals surface area contributed by atoms with E-state index in [1.165, 1.54) is 0 Å². The molecule has 0 aliphatic rings. The van der Waals surface area contributed by atoms with Crippen molar-refractivity contribution in [2.24, 2.45) is 0 Å². The van der Waals surface area contributed by atoms with Gasteiger partial charge in [0.1, 0.15) is 0 Å². The van der Waals surface area contributed by atoms with E-state index in [4.69, 9.17) is 16.5 Å². The fourth-order valence-electron chi connectivity index (χ4n) is 3.25. The third-order valence-corrected chi connectivity index (χ3v) is 4.53. The van der Waals surface area contributed by atoms with Gasteiger partial charge >= 0.3 is 0 Å². The van der Waals surface area contributed by atoms with Gasteiger partial charge in [-0.15, -0.1) is 0 Å². The minimum atomic E-state index is 0. The van der Waals surface area contributed by atoms with Gasteiger partial charge in [0.2, 0.25) is 0 Å². The van der Waals surface area contributed by atoms with Crippen LogP contribution < -0.4 is 0 Å². The highest BCUT2D eigenvalue weighted by Gasteiger charge is 2.12. The minimum absolute atomic E-state index is 0. The highest BCUT2D eigenvalue weighted by Crippen LogP contribution is 2.32. The van der Waals surface area contributed by atoms with E-state index in [0.717, 1.165) is 38.9 Å². The van der Waals surface area contributed by atoms with Gasteiger partial charge in [-0.25, -0.2) is 14.8 Å². The second-order valence-electron chi connectivity index (χ2n) is 6.17. The molecule has 0 N–H and O–H groups in total. The first-order valence-electron chi connectivity index (χ1n) is 8.33. The molecular formula is C23H20N4. The Morgan fingerprint density at radius 1 is 0.889 bits per heavy atom. The van der Waals surface area contributed by atoms with Crippen LogP contribution in [0.2, 0.25) is 0 Å². The zero-order chi connectivity index (χ0) is 18.1. The Morgan fingerprint density at radius 3 is 2.33 bits per heavy atom. The molecule has 0 atom stereocenters. The van der Waals surface area contributed by atoms with E-state index in [1.807, 2.05) is 49.4 Å². The van der Waals surface area contributed by atoms with Crippen molar-refractivity contribution in [3.05, 3.63) is 83.6 Å². The Bertz CT molecular complexity index is 1140. The second-order valence-corrected chi connectivity index (χ2v) is 6.17. The van der Waals surface area contributed by atoms with Gasteiger partial charge in [-0.1, -0.05) is 37.8 Å². The van der Waals surface area contributed by atoms with E-state index in [2.05, 4.69) is 22.8 Å². The van der Waals surface area contributed by atoms with Gasteiger partial charge in [0.05, 0.1) is 12.1 Å². The molecule has 0 amide bonds. The van der Waals surface area contributed by atoms with E-state index >= 15 is 0 Å². The van der Waals surface area contributed by atoms with Crippen molar-refractivity contribution in [2.75, 3.05) is 0 Å². The molecule has 4 rings (SSSR count). The quantitative estimate of drug-likeness (QED) is 0.406. The van der Waals surface area contributed by atoms with Crippen LogP contribution in [0.15, 0.2) is 60.9 Å². The lowest BCUT2D eigenvalue weighted by Crippen LogP contribution is -1.97. The summed E-state index contributed by atoms with van der Waals surface area (Å²) >= 11 is 0. The fraction of sp³-hybridized carbons (Fsp3) is 0.130. The van der Waals surface area contributed by atoms with Gasteiger partial charge < -0.3 is 0 Å². The zero-order valence-electron chi connectivity index (χ0n) is 14.6. The van der Waals surface area contributed by atoms with Crippen molar-refractivity contribution in [2.45, 2.75) is 21.3 Å². The van der Waals surface area contributed by atoms with Gasteiger partial charge in [-0.2, -0.15) is 0 Å². The summed E-state index contributed by atoms with van der Waals surface area (Å²) < 4.78 is 0. The van der Waals surface area contributed by atoms with Gasteiger partial charge in [-0.3, -0.25) is 4.98 Å². The number of fused-ring (bicyclic) bond motifs is 1. The fourth-order valence-corrected chi connectivity index (χ4v) is 3.25. The minimum Gasteiger partial charge on any atom is -0.264 e. The summed E-state index contributed by atoms with van der Waals surface area (Å²) in [5.74, 6) is 0.691. The molecule has 0 unspecified atom stereocenters. The third-order valence-electron chi connectivity index (χ3n) is 4.53. The molecule has 132 valence electrons. The van der Waals surface area contributed by atoms with Crippen molar-refractivity contribution >= 4 is 16.6 Å². The monoisotopic (exact) mass is 352 g/mol. The summed E-state index contributed by atoms with van der Waals surface area (Å²) in [6, 6.07) is 15.7. The number of hydrogen-bond acceptors (Lipinski definition) is 3. The summed E-state index contributed by atoms with van der Waals surface area (Å²) in [6.45, 7) is 11.2. The van der Waals surface area contributed by atoms with Crippen molar-refractivity contribution in [1.82, 2.24) is 15.0 Å². The smallest absolute Gasteiger partial charge is 0.187 e. The molecule has 0 spiro atoms. The highest BCUT2D eigenvalue weighted by atomic mass is 14.9. The number of benzene rings is 2. The summed E-state index contributed by atoms with van der Waals surface area (Å²) in [4.78, 5) is 17.1. The molecule has 4 aromatic rings. The number of hydrogen-bond donors (Lipinski definition) is 0. The largest absolute Gasteiger partial charge is 0.264 e. The lowest BCUT2D eigenvalue weighted by atomic mass is 9.96. The molecule has 4 heteroatoms. The summed E-state index contributed by atoms with van der Waals surface area (Å²) in [5, 5.41) is 1.07. The van der Waals surface area contributed by atoms with Crippen LogP contribution in [0.5, 0.6) is 0 Å². The Morgan fingerprint density at radius 2 is 1.67 bits per heavy atom. The van der Waals surface area contributed by atoms with Crippen LogP contribution in [0.3, 0.4) is 0 Å². The van der Waals surface area contributed by atoms with Crippen LogP contribution in [0, 0.1) is 20.4 Å². The second kappa shape index (κ2) is 7.35. The maximum Gasteiger partial charge on any atom is 0.187 e. The highest BCUT2D eigenvalue weighted by molar-refractivity contribution is 5.91. The van der Waals surface area contributed by atoms with E-state index in [-0.39, 0.29) is 7.43 Å². The molecule has 27 heavy (non-hydrogen) atoms. The van der Waals surface area contributed by atoms with Gasteiger partial charge in [0.25, 0.3) is 0 Å². The van der Waals surface area contributed by atoms with Crippen LogP contribution in [0.25, 0.3) is 38.3 Å². The maximum atomic E-state index is 7.09. The molecular weight excluding hydrogens is 332 g/mol. The molecule has 2 aromatic heterocycles. The third kappa shape index (κ3) is 3.28. The summed E-state index contributed by atoms with van der Waals surface area (Å²) in [5.41, 5.74) is 6.80. The molecule has 0 radical (unpaired) electrons. The molecule has 2 heterocycles. The maximum absolute atomic E-state index is 7.09. The first-order valence-corrected chi connectivity index (χ1v) is 8.33. The first kappa shape index (κ1) is 18.2. The standard InChI is InChI=1S/C22H16N4.CH4/c1-14-19(16-6-8-18(23-3)9-7-16)10-11-20-21(14)15(2)25-22(26-20)17-5-4-12-24-13-17;/h4-13H,1-2H3;1H4. The normalized spacial score (nSPS) is 10.3. The molecule has 4 nitrogen and oxygen atoms in total. The van der Waals surface area contributed by atoms with E-state index in [1.54, 1.807) is 12.4 Å². The van der Waals surface area contributed by atoms with E-state index < -0.39 is 0 Å². The topological polar surface area (TPSA) is 43.0 Å². The predicted octanol–water partition coefficient (Wildman–Crippen LogP) is 6.16. The average Bonchev–Trinajstić information content (AvgIpc) is 2.69. The molecule has 2 aromatic carbocycles. The number of aromatic nitrogens is 3. The molecule has 0 fully saturated rings. The molecule has 0 saturated heterocycles. The van der Waals surface area contributed by atoms with Crippen molar-refractivity contribution in [3.8, 4) is 22.5 Å². The summed E-state index contributed by atoms with van der Waals surface area (Å²) in [6.07, 6.45) is 3.52. The predicted molar refractivity (Wildman–Crippen MR) is 111 cm³/mol. The SMILES string of the molecule is C.[C-]#[N+]c1ccc(-c2ccc3nc(-c4cccnc4)nc(C)c3c2C)cc1. The van der Waals surface area contributed by atoms with Gasteiger partial charge in [0, 0.05) is 29.0 Å². The lowest BCUT2D eigenvalue weighted by molar-refractivity contribution is 1.14. The zero-order valence-corrected chi connectivity index (χ0v) is 14.6. The Balaban J connectivity index is 0.00000210. The van der Waals surface area contributed by atoms with Crippen LogP contribution in [-0.2, 0) is 0 Å². The molecule has 0 bridgehead atoms. The van der Waals surface area contributed by atoms with Crippen molar-refractivity contribution in [3.63, 3.8) is 0 Å². The number of aryl methyl sites for hydroxylation is 2. The summed E-state index contributed by atoms with van der Waals surface area (Å²) in [7, 11) is 0. The molecule has 0 aliphatic heterocycles. The first-order chi connectivity index (χ1) is 12.7. The average molecular weight is 352 g/mol. The van der Waals surface area contributed by atoms with E-state index in [9.17, 15) is 0 Å². The number of pyridine rings is 1. The van der Waals surface area contributed by atoms with Gasteiger partial charge in [0.15, 0.2) is 11.5 Å². The Labute approximate surface area is 159 Å². The lowest BCUT2D eigenvalue weighted by Gasteiger charge is -2.12. The van der Waals surface area contributed by atoms with Crippen LogP contribution in [-0.4, -0.2) is 15.0 Å². The van der Waals surface area contributed by atoms with Crippen molar-refractivity contribution < 1.29 is 0 Å². The molecule has 0 saturated carbocycles. The number of nitrogens with zero attached hydrogens (tertiary/aromatic N) is 4. The Hall–Kier alpha value is -3.58.